The number of rotatable bonds is 6. The minimum atomic E-state index is -4.34. The van der Waals surface area contributed by atoms with Crippen molar-refractivity contribution in [2.75, 3.05) is 6.61 Å². The standard InChI is InChI=1S/C20H19F3O3S/c21-20(22,23)14-5-3-4-13(10-14)12-27-18-9-8-17(26-11-19(24)25)15-6-1-2-7-16(15)18/h3-5,8-10H,1-2,6-7,11-12H2,(H,24,25). The summed E-state index contributed by atoms with van der Waals surface area (Å²) in [5.74, 6) is 0.00386. The van der Waals surface area contributed by atoms with Crippen molar-refractivity contribution in [3.63, 3.8) is 0 Å². The minimum Gasteiger partial charge on any atom is -0.482 e. The van der Waals surface area contributed by atoms with E-state index in [9.17, 15) is 18.0 Å². The van der Waals surface area contributed by atoms with Crippen LogP contribution in [0.3, 0.4) is 0 Å². The SMILES string of the molecule is O=C(O)COc1ccc(SCc2cccc(C(F)(F)F)c2)c2c1CCCC2. The molecule has 3 rings (SSSR count). The first-order chi connectivity index (χ1) is 12.8. The van der Waals surface area contributed by atoms with Crippen molar-refractivity contribution in [2.24, 2.45) is 0 Å². The number of fused-ring (bicyclic) bond motifs is 1. The maximum Gasteiger partial charge on any atom is 0.416 e. The Bertz CT molecular complexity index is 834. The zero-order valence-corrected chi connectivity index (χ0v) is 15.3. The van der Waals surface area contributed by atoms with Crippen LogP contribution in [0.5, 0.6) is 5.75 Å². The van der Waals surface area contributed by atoms with Gasteiger partial charge < -0.3 is 9.84 Å². The Morgan fingerprint density at radius 1 is 1.11 bits per heavy atom. The lowest BCUT2D eigenvalue weighted by atomic mass is 9.91. The molecule has 0 saturated carbocycles. The second-order valence-corrected chi connectivity index (χ2v) is 7.41. The van der Waals surface area contributed by atoms with Gasteiger partial charge in [-0.15, -0.1) is 11.8 Å². The molecule has 1 N–H and O–H groups in total. The third-order valence-corrected chi connectivity index (χ3v) is 5.62. The maximum absolute atomic E-state index is 12.9. The van der Waals surface area contributed by atoms with Gasteiger partial charge in [-0.3, -0.25) is 0 Å². The number of carbonyl (C=O) groups is 1. The normalized spacial score (nSPS) is 13.9. The van der Waals surface area contributed by atoms with Crippen LogP contribution in [0, 0.1) is 0 Å². The molecule has 2 aromatic carbocycles. The van der Waals surface area contributed by atoms with Crippen LogP contribution in [0.15, 0.2) is 41.3 Å². The smallest absolute Gasteiger partial charge is 0.416 e. The molecule has 0 radical (unpaired) electrons. The molecule has 7 heteroatoms. The van der Waals surface area contributed by atoms with Gasteiger partial charge in [-0.1, -0.05) is 18.2 Å². The summed E-state index contributed by atoms with van der Waals surface area (Å²) in [4.78, 5) is 11.8. The number of carboxylic acids is 1. The summed E-state index contributed by atoms with van der Waals surface area (Å²) in [6, 6.07) is 9.02. The molecule has 144 valence electrons. The molecule has 0 bridgehead atoms. The van der Waals surface area contributed by atoms with Crippen molar-refractivity contribution in [3.8, 4) is 5.75 Å². The monoisotopic (exact) mass is 396 g/mol. The maximum atomic E-state index is 12.9. The average molecular weight is 396 g/mol. The van der Waals surface area contributed by atoms with Gasteiger partial charge in [-0.25, -0.2) is 4.79 Å². The highest BCUT2D eigenvalue weighted by Gasteiger charge is 2.30. The second kappa shape index (κ2) is 8.25. The van der Waals surface area contributed by atoms with Gasteiger partial charge in [0.15, 0.2) is 6.61 Å². The second-order valence-electron chi connectivity index (χ2n) is 6.40. The summed E-state index contributed by atoms with van der Waals surface area (Å²) in [6.07, 6.45) is -0.611. The van der Waals surface area contributed by atoms with Gasteiger partial charge >= 0.3 is 12.1 Å². The predicted octanol–water partition coefficient (Wildman–Crippen LogP) is 5.34. The molecule has 0 atom stereocenters. The predicted molar refractivity (Wildman–Crippen MR) is 97.2 cm³/mol. The summed E-state index contributed by atoms with van der Waals surface area (Å²) in [6.45, 7) is -0.386. The molecule has 1 aliphatic rings. The summed E-state index contributed by atoms with van der Waals surface area (Å²) >= 11 is 1.50. The first-order valence-electron chi connectivity index (χ1n) is 8.63. The number of alkyl halides is 3. The number of benzene rings is 2. The molecule has 1 aliphatic carbocycles. The van der Waals surface area contributed by atoms with Gasteiger partial charge in [0.2, 0.25) is 0 Å². The number of ether oxygens (including phenoxy) is 1. The Kier molecular flexibility index (Phi) is 5.99. The largest absolute Gasteiger partial charge is 0.482 e. The van der Waals surface area contributed by atoms with Crippen molar-refractivity contribution in [3.05, 3.63) is 58.7 Å². The van der Waals surface area contributed by atoms with Crippen LogP contribution in [-0.2, 0) is 29.6 Å². The summed E-state index contributed by atoms with van der Waals surface area (Å²) in [7, 11) is 0. The van der Waals surface area contributed by atoms with Crippen molar-refractivity contribution in [1.82, 2.24) is 0 Å². The van der Waals surface area contributed by atoms with Crippen LogP contribution in [0.1, 0.15) is 35.1 Å². The van der Waals surface area contributed by atoms with Crippen LogP contribution in [0.25, 0.3) is 0 Å². The van der Waals surface area contributed by atoms with Gasteiger partial charge in [-0.05, 0) is 60.6 Å². The lowest BCUT2D eigenvalue weighted by molar-refractivity contribution is -0.139. The van der Waals surface area contributed by atoms with Crippen LogP contribution in [-0.4, -0.2) is 17.7 Å². The number of aliphatic carboxylic acids is 1. The topological polar surface area (TPSA) is 46.5 Å². The van der Waals surface area contributed by atoms with Gasteiger partial charge in [-0.2, -0.15) is 13.2 Å². The lowest BCUT2D eigenvalue weighted by Crippen LogP contribution is -2.13. The van der Waals surface area contributed by atoms with Crippen LogP contribution >= 0.6 is 11.8 Å². The van der Waals surface area contributed by atoms with Crippen molar-refractivity contribution in [2.45, 2.75) is 42.5 Å². The van der Waals surface area contributed by atoms with E-state index in [2.05, 4.69) is 0 Å². The Morgan fingerprint density at radius 3 is 2.56 bits per heavy atom. The fourth-order valence-corrected chi connectivity index (χ4v) is 4.28. The molecule has 0 spiro atoms. The fraction of sp³-hybridized carbons (Fsp3) is 0.350. The summed E-state index contributed by atoms with van der Waals surface area (Å²) in [5.41, 5.74) is 2.13. The van der Waals surface area contributed by atoms with Crippen molar-refractivity contribution >= 4 is 17.7 Å². The van der Waals surface area contributed by atoms with E-state index in [1.54, 1.807) is 12.1 Å². The molecule has 0 fully saturated rings. The molecular formula is C20H19F3O3S. The molecule has 0 saturated heterocycles. The third kappa shape index (κ3) is 4.97. The number of hydrogen-bond donors (Lipinski definition) is 1. The van der Waals surface area contributed by atoms with Gasteiger partial charge in [0.1, 0.15) is 5.75 Å². The zero-order valence-electron chi connectivity index (χ0n) is 14.5. The van der Waals surface area contributed by atoms with E-state index < -0.39 is 17.7 Å². The molecule has 27 heavy (non-hydrogen) atoms. The van der Waals surface area contributed by atoms with Crippen molar-refractivity contribution in [1.29, 1.82) is 0 Å². The Morgan fingerprint density at radius 2 is 1.85 bits per heavy atom. The Balaban J connectivity index is 1.78. The van der Waals surface area contributed by atoms with Crippen LogP contribution in [0.4, 0.5) is 13.2 Å². The fourth-order valence-electron chi connectivity index (χ4n) is 3.21. The van der Waals surface area contributed by atoms with Crippen LogP contribution < -0.4 is 4.74 Å². The quantitative estimate of drug-likeness (QED) is 0.670. The highest BCUT2D eigenvalue weighted by molar-refractivity contribution is 7.98. The van der Waals surface area contributed by atoms with Crippen molar-refractivity contribution < 1.29 is 27.8 Å². The molecule has 3 nitrogen and oxygen atoms in total. The van der Waals surface area contributed by atoms with E-state index >= 15 is 0 Å². The number of halogens is 3. The van der Waals surface area contributed by atoms with E-state index in [0.717, 1.165) is 47.8 Å². The lowest BCUT2D eigenvalue weighted by Gasteiger charge is -2.22. The van der Waals surface area contributed by atoms with Gasteiger partial charge in [0.25, 0.3) is 0 Å². The van der Waals surface area contributed by atoms with E-state index in [1.807, 2.05) is 6.07 Å². The molecule has 0 aromatic heterocycles. The summed E-state index contributed by atoms with van der Waals surface area (Å²) in [5, 5.41) is 8.81. The third-order valence-electron chi connectivity index (χ3n) is 4.45. The van der Waals surface area contributed by atoms with Gasteiger partial charge in [0, 0.05) is 10.6 Å². The number of thioether (sulfide) groups is 1. The number of hydrogen-bond acceptors (Lipinski definition) is 3. The highest BCUT2D eigenvalue weighted by Crippen LogP contribution is 2.38. The van der Waals surface area contributed by atoms with E-state index in [1.165, 1.54) is 23.9 Å². The van der Waals surface area contributed by atoms with Crippen LogP contribution in [0.2, 0.25) is 0 Å². The molecule has 0 unspecified atom stereocenters. The molecule has 0 heterocycles. The average Bonchev–Trinajstić information content (AvgIpc) is 2.64. The molecule has 0 aliphatic heterocycles. The summed E-state index contributed by atoms with van der Waals surface area (Å²) < 4.78 is 44.0. The molecule has 0 amide bonds. The van der Waals surface area contributed by atoms with E-state index in [4.69, 9.17) is 9.84 Å². The molecule has 2 aromatic rings. The molecular weight excluding hydrogens is 377 g/mol. The van der Waals surface area contributed by atoms with E-state index in [-0.39, 0.29) is 6.61 Å². The minimum absolute atomic E-state index is 0.386. The zero-order chi connectivity index (χ0) is 19.4. The highest BCUT2D eigenvalue weighted by atomic mass is 32.2. The van der Waals surface area contributed by atoms with Gasteiger partial charge in [0.05, 0.1) is 5.56 Å². The number of carboxylic acid groups (broad SMARTS) is 1. The van der Waals surface area contributed by atoms with E-state index in [0.29, 0.717) is 17.1 Å². The Labute approximate surface area is 159 Å². The first kappa shape index (κ1) is 19.6. The Hall–Kier alpha value is -2.15. The first-order valence-corrected chi connectivity index (χ1v) is 9.61.